The zero-order valence-corrected chi connectivity index (χ0v) is 29.2. The molecule has 41 heavy (non-hydrogen) atoms. The van der Waals surface area contributed by atoms with Gasteiger partial charge in [0.05, 0.1) is 16.1 Å². The van der Waals surface area contributed by atoms with Crippen LogP contribution in [0.3, 0.4) is 0 Å². The van der Waals surface area contributed by atoms with Gasteiger partial charge in [-0.05, 0) is 22.2 Å². The number of halogens is 2. The summed E-state index contributed by atoms with van der Waals surface area (Å²) in [6.45, 7) is 4.85. The molecular formula is C36H38Cl2Si2Ti-2. The summed E-state index contributed by atoms with van der Waals surface area (Å²) in [4.78, 5) is 0. The molecular weight excluding hydrogens is 607 g/mol. The average molecular weight is 646 g/mol. The fourth-order valence-corrected chi connectivity index (χ4v) is 17.8. The Morgan fingerprint density at radius 3 is 1.32 bits per heavy atom. The van der Waals surface area contributed by atoms with Gasteiger partial charge in [-0.15, -0.1) is 22.3 Å². The Hall–Kier alpha value is -1.39. The average Bonchev–Trinajstić information content (AvgIpc) is 3.48. The molecule has 0 N–H and O–H groups in total. The summed E-state index contributed by atoms with van der Waals surface area (Å²) in [5, 5.41) is 0. The Bertz CT molecular complexity index is 1300. The monoisotopic (exact) mass is 644 g/mol. The molecule has 0 aromatic heterocycles. The van der Waals surface area contributed by atoms with E-state index < -0.39 is 33.2 Å². The standard InChI is InChI=1S/2C18H19Si.2ClH.Ti/c2*1-2-19(12-7-13-19)18-16-10-5-3-8-14(16)15-9-4-6-11-17(15)18;;;/h2*3-6,8-10,18H,2,7,12-13H2,1H3;2*1H;/q2*-1;;;+2/p-2. The maximum absolute atomic E-state index is 4.89. The molecule has 210 valence electrons. The van der Waals surface area contributed by atoms with Gasteiger partial charge in [-0.25, -0.2) is 0 Å². The molecule has 4 aromatic rings. The van der Waals surface area contributed by atoms with Gasteiger partial charge < -0.3 is 0 Å². The second kappa shape index (κ2) is 12.7. The topological polar surface area (TPSA) is 0 Å². The van der Waals surface area contributed by atoms with Crippen molar-refractivity contribution in [3.8, 4) is 22.3 Å². The van der Waals surface area contributed by atoms with Crippen molar-refractivity contribution in [1.82, 2.24) is 0 Å². The summed E-state index contributed by atoms with van der Waals surface area (Å²) in [6, 6.07) is 47.3. The van der Waals surface area contributed by atoms with Crippen molar-refractivity contribution in [2.24, 2.45) is 0 Å². The van der Waals surface area contributed by atoms with Gasteiger partial charge in [-0.1, -0.05) is 123 Å². The zero-order valence-electron chi connectivity index (χ0n) is 24.2. The molecule has 2 unspecified atom stereocenters. The molecule has 2 saturated heterocycles. The summed E-state index contributed by atoms with van der Waals surface area (Å²) in [5.41, 5.74) is 13.5. The molecule has 4 aromatic carbocycles. The van der Waals surface area contributed by atoms with Gasteiger partial charge in [0.15, 0.2) is 0 Å². The number of hydrogen-bond donors (Lipinski definition) is 0. The van der Waals surface area contributed by atoms with E-state index in [-0.39, 0.29) is 0 Å². The van der Waals surface area contributed by atoms with Crippen LogP contribution in [0.4, 0.5) is 0 Å². The van der Waals surface area contributed by atoms with Gasteiger partial charge in [0.2, 0.25) is 0 Å². The van der Waals surface area contributed by atoms with Crippen molar-refractivity contribution in [2.45, 2.75) is 74.0 Å². The number of hydrogen-bond acceptors (Lipinski definition) is 0. The van der Waals surface area contributed by atoms with Gasteiger partial charge in [0.25, 0.3) is 0 Å². The summed E-state index contributed by atoms with van der Waals surface area (Å²) in [5.74, 6) is 0. The second-order valence-electron chi connectivity index (χ2n) is 12.2. The first kappa shape index (κ1) is 29.7. The van der Waals surface area contributed by atoms with E-state index in [1.165, 1.54) is 82.5 Å². The van der Waals surface area contributed by atoms with E-state index in [9.17, 15) is 0 Å². The van der Waals surface area contributed by atoms with Crippen LogP contribution in [0, 0.1) is 12.1 Å². The van der Waals surface area contributed by atoms with Gasteiger partial charge in [-0.2, -0.15) is 48.5 Å². The third kappa shape index (κ3) is 5.11. The zero-order chi connectivity index (χ0) is 28.5. The van der Waals surface area contributed by atoms with Crippen molar-refractivity contribution in [2.75, 3.05) is 0 Å². The molecule has 8 rings (SSSR count). The fraction of sp³-hybridized carbons (Fsp3) is 0.333. The van der Waals surface area contributed by atoms with E-state index in [0.29, 0.717) is 0 Å². The summed E-state index contributed by atoms with van der Waals surface area (Å²) < 4.78 is 0. The molecule has 0 radical (unpaired) electrons. The molecule has 0 bridgehead atoms. The molecule has 0 nitrogen and oxygen atoms in total. The van der Waals surface area contributed by atoms with E-state index in [1.54, 1.807) is 11.1 Å². The molecule has 5 heteroatoms. The second-order valence-corrected chi connectivity index (χ2v) is 24.8. The Labute approximate surface area is 265 Å². The van der Waals surface area contributed by atoms with Crippen LogP contribution in [0.15, 0.2) is 84.9 Å². The van der Waals surface area contributed by atoms with Crippen molar-refractivity contribution >= 4 is 34.8 Å². The van der Waals surface area contributed by atoms with E-state index in [4.69, 9.17) is 18.6 Å². The number of rotatable bonds is 4. The molecule has 2 fully saturated rings. The molecule has 2 aliphatic carbocycles. The first-order valence-electron chi connectivity index (χ1n) is 15.3. The van der Waals surface area contributed by atoms with Crippen molar-refractivity contribution in [1.29, 1.82) is 0 Å². The molecule has 0 amide bonds. The quantitative estimate of drug-likeness (QED) is 0.153. The Balaban J connectivity index is 0.000000135. The number of benzene rings is 4. The third-order valence-electron chi connectivity index (χ3n) is 10.8. The van der Waals surface area contributed by atoms with Crippen molar-refractivity contribution in [3.63, 3.8) is 0 Å². The maximum atomic E-state index is 4.89. The van der Waals surface area contributed by atoms with Crippen LogP contribution in [0.5, 0.6) is 0 Å². The Morgan fingerprint density at radius 1 is 0.610 bits per heavy atom. The molecule has 2 atom stereocenters. The van der Waals surface area contributed by atoms with Gasteiger partial charge >= 0.3 is 35.6 Å². The summed E-state index contributed by atoms with van der Waals surface area (Å²) >= 11 is -0.556. The predicted octanol–water partition coefficient (Wildman–Crippen LogP) is 11.4. The SMILES string of the molecule is CC[Si]1(C2c3[c-]cccc3-c3ccccc32)CCC1.CC[Si]1(C2c3[c-]cccc3-c3ccccc32)CCC1.[Cl][Ti][Cl]. The number of fused-ring (bicyclic) bond motifs is 6. The van der Waals surface area contributed by atoms with Crippen LogP contribution < -0.4 is 0 Å². The normalized spacial score (nSPS) is 21.2. The van der Waals surface area contributed by atoms with E-state index >= 15 is 0 Å². The van der Waals surface area contributed by atoms with Gasteiger partial charge in [0, 0.05) is 0 Å². The van der Waals surface area contributed by atoms with Crippen LogP contribution in [0.2, 0.25) is 36.3 Å². The minimum absolute atomic E-state index is 0.556. The van der Waals surface area contributed by atoms with Crippen LogP contribution in [-0.2, 0) is 17.0 Å². The van der Waals surface area contributed by atoms with Crippen molar-refractivity contribution in [3.05, 3.63) is 119 Å². The fourth-order valence-electron chi connectivity index (χ4n) is 8.37. The molecule has 4 aliphatic rings. The Morgan fingerprint density at radius 2 is 0.976 bits per heavy atom. The van der Waals surface area contributed by atoms with Crippen LogP contribution in [0.1, 0.15) is 60.0 Å². The summed E-state index contributed by atoms with van der Waals surface area (Å²) in [7, 11) is 7.54. The predicted molar refractivity (Wildman–Crippen MR) is 178 cm³/mol. The molecule has 0 spiro atoms. The van der Waals surface area contributed by atoms with Crippen molar-refractivity contribution < 1.29 is 17.0 Å². The van der Waals surface area contributed by atoms with Gasteiger partial charge in [0.1, 0.15) is 0 Å². The first-order valence-corrected chi connectivity index (χ1v) is 25.0. The third-order valence-corrected chi connectivity index (χ3v) is 22.7. The van der Waals surface area contributed by atoms with Crippen LogP contribution in [-0.4, -0.2) is 16.1 Å². The summed E-state index contributed by atoms with van der Waals surface area (Å²) in [6.07, 6.45) is 2.92. The van der Waals surface area contributed by atoms with E-state index in [0.717, 1.165) is 11.1 Å². The first-order chi connectivity index (χ1) is 20.1. The van der Waals surface area contributed by atoms with Crippen LogP contribution >= 0.6 is 18.6 Å². The van der Waals surface area contributed by atoms with Crippen LogP contribution in [0.25, 0.3) is 22.3 Å². The molecule has 0 saturated carbocycles. The van der Waals surface area contributed by atoms with E-state index in [2.05, 4.69) is 111 Å². The molecule has 2 heterocycles. The minimum atomic E-state index is -1.12. The Kier molecular flexibility index (Phi) is 9.18. The molecule has 2 aliphatic heterocycles. The van der Waals surface area contributed by atoms with Gasteiger partial charge in [-0.3, -0.25) is 0 Å². The van der Waals surface area contributed by atoms with E-state index in [1.807, 2.05) is 0 Å².